The zero-order valence-electron chi connectivity index (χ0n) is 79.5. The van der Waals surface area contributed by atoms with Gasteiger partial charge < -0.3 is 13.7 Å². The van der Waals surface area contributed by atoms with Crippen LogP contribution < -0.4 is 0 Å². The summed E-state index contributed by atoms with van der Waals surface area (Å²) in [4.78, 5) is 45.7. The lowest BCUT2D eigenvalue weighted by atomic mass is 9.93. The van der Waals surface area contributed by atoms with E-state index in [-0.39, 0.29) is 0 Å². The quantitative estimate of drug-likeness (QED) is 0.0977. The lowest BCUT2D eigenvalue weighted by Crippen LogP contribution is -2.01. The third-order valence-electron chi connectivity index (χ3n) is 28.3. The van der Waals surface area contributed by atoms with Gasteiger partial charge in [0.2, 0.25) is 0 Å². The second-order valence-corrected chi connectivity index (χ2v) is 37.0. The average molecular weight is 1880 g/mol. The fourth-order valence-corrected chi connectivity index (χ4v) is 21.4. The third kappa shape index (κ3) is 15.8. The van der Waals surface area contributed by atoms with Gasteiger partial charge >= 0.3 is 0 Å². The minimum Gasteiger partial charge on any atom is -0.309 e. The molecule has 12 heteroatoms. The lowest BCUT2D eigenvalue weighted by Gasteiger charge is -2.13. The lowest BCUT2D eigenvalue weighted by molar-refractivity contribution is 1.07. The van der Waals surface area contributed by atoms with Gasteiger partial charge in [-0.25, -0.2) is 44.9 Å². The molecule has 686 valence electrons. The van der Waals surface area contributed by atoms with Gasteiger partial charge in [0.1, 0.15) is 0 Å². The maximum absolute atomic E-state index is 5.23. The van der Waals surface area contributed by atoms with Crippen LogP contribution in [0, 0.1) is 0 Å². The van der Waals surface area contributed by atoms with Gasteiger partial charge in [0, 0.05) is 99.5 Å². The summed E-state index contributed by atoms with van der Waals surface area (Å²) in [6.45, 7) is 0. The van der Waals surface area contributed by atoms with Crippen LogP contribution in [-0.2, 0) is 0 Å². The summed E-state index contributed by atoms with van der Waals surface area (Å²) >= 11 is 0. The van der Waals surface area contributed by atoms with Gasteiger partial charge in [-0.05, 0) is 184 Å². The molecule has 0 saturated heterocycles. The van der Waals surface area contributed by atoms with Gasteiger partial charge in [-0.3, -0.25) is 0 Å². The van der Waals surface area contributed by atoms with Crippen molar-refractivity contribution in [2.45, 2.75) is 0 Å². The Bertz CT molecular complexity index is 9940. The number of hydrogen-bond acceptors (Lipinski definition) is 9. The molecule has 0 aliphatic heterocycles. The van der Waals surface area contributed by atoms with Crippen LogP contribution in [0.5, 0.6) is 0 Å². The number of nitrogens with zero attached hydrogens (tertiary/aromatic N) is 12. The van der Waals surface area contributed by atoms with Gasteiger partial charge in [-0.2, -0.15) is 0 Å². The Hall–Kier alpha value is -20.0. The number of benzene rings is 23. The largest absolute Gasteiger partial charge is 0.309 e. The zero-order chi connectivity index (χ0) is 97.2. The highest BCUT2D eigenvalue weighted by Crippen LogP contribution is 2.44. The first-order valence-electron chi connectivity index (χ1n) is 49.5. The first kappa shape index (κ1) is 86.2. The van der Waals surface area contributed by atoms with E-state index in [2.05, 4.69) is 475 Å². The number of hydrogen-bond donors (Lipinski definition) is 0. The Morgan fingerprint density at radius 3 is 0.524 bits per heavy atom. The van der Waals surface area contributed by atoms with Crippen LogP contribution >= 0.6 is 0 Å². The Morgan fingerprint density at radius 2 is 0.259 bits per heavy atom. The number of para-hydroxylation sites is 6. The van der Waals surface area contributed by atoms with Gasteiger partial charge in [-0.1, -0.05) is 425 Å². The molecule has 0 N–H and O–H groups in total. The van der Waals surface area contributed by atoms with E-state index in [0.29, 0.717) is 52.4 Å². The van der Waals surface area contributed by atoms with Gasteiger partial charge in [-0.15, -0.1) is 0 Å². The van der Waals surface area contributed by atoms with E-state index in [1.165, 1.54) is 119 Å². The summed E-state index contributed by atoms with van der Waals surface area (Å²) < 4.78 is 6.97. The van der Waals surface area contributed by atoms with Crippen molar-refractivity contribution in [2.24, 2.45) is 0 Å². The van der Waals surface area contributed by atoms with Crippen molar-refractivity contribution >= 4 is 130 Å². The van der Waals surface area contributed by atoms with E-state index < -0.39 is 0 Å². The fourth-order valence-electron chi connectivity index (χ4n) is 21.4. The van der Waals surface area contributed by atoms with Gasteiger partial charge in [0.25, 0.3) is 0 Å². The highest BCUT2D eigenvalue weighted by atomic mass is 15.1. The summed E-state index contributed by atoms with van der Waals surface area (Å²) in [6, 6.07) is 183. The normalized spacial score (nSPS) is 11.5. The van der Waals surface area contributed by atoms with Crippen LogP contribution in [0.2, 0.25) is 0 Å². The zero-order valence-corrected chi connectivity index (χ0v) is 79.5. The Morgan fingerprint density at radius 1 is 0.0952 bits per heavy atom. The molecule has 6 aromatic heterocycles. The molecule has 0 amide bonds. The van der Waals surface area contributed by atoms with E-state index >= 15 is 0 Å². The van der Waals surface area contributed by atoms with E-state index in [1.54, 1.807) is 0 Å². The number of fused-ring (bicyclic) bond motifs is 21. The van der Waals surface area contributed by atoms with Crippen molar-refractivity contribution < 1.29 is 0 Å². The molecule has 147 heavy (non-hydrogen) atoms. The van der Waals surface area contributed by atoms with Crippen molar-refractivity contribution in [2.75, 3.05) is 0 Å². The van der Waals surface area contributed by atoms with Crippen LogP contribution in [0.15, 0.2) is 522 Å². The van der Waals surface area contributed by atoms with E-state index in [1.807, 2.05) is 60.7 Å². The Labute approximate surface area is 846 Å². The average Bonchev–Trinajstić information content (AvgIpc) is 1.09. The molecule has 0 bridgehead atoms. The van der Waals surface area contributed by atoms with Gasteiger partial charge in [0.05, 0.1) is 33.1 Å². The fraction of sp³-hybridized carbons (Fsp3) is 0. The number of rotatable bonds is 14. The summed E-state index contributed by atoms with van der Waals surface area (Å²) in [5.74, 6) is 5.75. The summed E-state index contributed by atoms with van der Waals surface area (Å²) in [5.41, 5.74) is 23.3. The summed E-state index contributed by atoms with van der Waals surface area (Å²) in [6.07, 6.45) is 0. The number of aromatic nitrogens is 12. The van der Waals surface area contributed by atoms with Crippen LogP contribution in [0.1, 0.15) is 0 Å². The topological polar surface area (TPSA) is 131 Å². The maximum Gasteiger partial charge on any atom is 0.164 e. The Kier molecular flexibility index (Phi) is 21.6. The molecule has 23 aromatic carbocycles. The summed E-state index contributed by atoms with van der Waals surface area (Å²) in [5, 5.41) is 22.1. The second-order valence-electron chi connectivity index (χ2n) is 37.0. The molecule has 0 aliphatic carbocycles. The molecule has 0 unspecified atom stereocenters. The predicted molar refractivity (Wildman–Crippen MR) is 607 cm³/mol. The molecule has 6 heterocycles. The van der Waals surface area contributed by atoms with Crippen LogP contribution in [-0.4, -0.2) is 58.6 Å². The second kappa shape index (κ2) is 36.9. The molecule has 0 atom stereocenters. The highest BCUT2D eigenvalue weighted by molar-refractivity contribution is 6.27. The summed E-state index contributed by atoms with van der Waals surface area (Å²) in [7, 11) is 0. The molecule has 0 aliphatic rings. The molecule has 0 spiro atoms. The minimum absolute atomic E-state index is 0.623. The standard InChI is InChI=1S/C51H32N4.C45H28N4.C39H26N4/c1-2-13-33(14-3-1)34-25-27-35(28-26-34)49-52-50(36-15-12-16-38(31-36)55-47-23-10-8-21-44(47)45-22-9-11-24-48(45)55)54-51(53-49)37-29-30-43-41-19-5-4-17-39(41)40-18-6-7-20-42(40)46(43)32-37;1-2-13-29(14-3-1)43-46-44(30-15-12-16-32(27-30)49-41-23-10-8-21-38(41)39-22-9-11-24-42(39)49)48-45(47-43)31-25-26-37-35-19-5-4-17-33(35)34-18-6-7-20-36(34)40(37)28-31;1-3-11-27(12-4-1)28-19-21-30(22-20-28)38-40-37(29-13-5-2-6-14-29)41-39(42-38)31-23-25-32(26-24-31)43-35-17-9-7-15-33(35)34-16-8-10-18-36(34)43/h1-32H;1-28H;1-26H. The van der Waals surface area contributed by atoms with Crippen LogP contribution in [0.4, 0.5) is 0 Å². The smallest absolute Gasteiger partial charge is 0.164 e. The molecular formula is C135H86N12. The molecule has 12 nitrogen and oxygen atoms in total. The van der Waals surface area contributed by atoms with Crippen molar-refractivity contribution in [3.05, 3.63) is 522 Å². The SMILES string of the molecule is c1ccc(-c2ccc(-c3nc(-c4cccc(-n5c6ccccc6c6ccccc65)c4)nc(-c4ccc5c6ccccc6c6ccccc6c5c4)n3)cc2)cc1.c1ccc(-c2ccc(-c3nc(-c4ccccc4)nc(-c4ccc(-n5c6ccccc6c6ccccc65)cc4)n3)cc2)cc1.c1ccc(-c2nc(-c3cccc(-n4c5ccccc5c5ccccc54)c3)nc(-c3ccc4c5ccccc5c5ccccc5c4c3)n2)cc1. The van der Waals surface area contributed by atoms with E-state index in [9.17, 15) is 0 Å². The molecular weight excluding hydrogens is 1790 g/mol. The van der Waals surface area contributed by atoms with Gasteiger partial charge in [0.15, 0.2) is 52.4 Å². The molecule has 29 aromatic rings. The van der Waals surface area contributed by atoms with Crippen LogP contribution in [0.25, 0.3) is 272 Å². The molecule has 0 saturated carbocycles. The minimum atomic E-state index is 0.623. The van der Waals surface area contributed by atoms with Crippen molar-refractivity contribution in [3.8, 4) is 142 Å². The monoisotopic (exact) mass is 1870 g/mol. The van der Waals surface area contributed by atoms with Crippen LogP contribution in [0.3, 0.4) is 0 Å². The maximum atomic E-state index is 5.23. The first-order valence-corrected chi connectivity index (χ1v) is 49.5. The van der Waals surface area contributed by atoms with Crippen molar-refractivity contribution in [1.29, 1.82) is 0 Å². The third-order valence-corrected chi connectivity index (χ3v) is 28.3. The predicted octanol–water partition coefficient (Wildman–Crippen LogP) is 34.2. The van der Waals surface area contributed by atoms with Crippen molar-refractivity contribution in [3.63, 3.8) is 0 Å². The molecule has 29 rings (SSSR count). The van der Waals surface area contributed by atoms with Crippen molar-refractivity contribution in [1.82, 2.24) is 58.6 Å². The highest BCUT2D eigenvalue weighted by Gasteiger charge is 2.24. The first-order chi connectivity index (χ1) is 72.9. The molecule has 0 radical (unpaired) electrons. The molecule has 0 fully saturated rings. The van der Waals surface area contributed by atoms with E-state index in [4.69, 9.17) is 44.9 Å². The van der Waals surface area contributed by atoms with E-state index in [0.717, 1.165) is 100 Å². The Balaban J connectivity index is 0.000000110.